The van der Waals surface area contributed by atoms with Crippen molar-refractivity contribution in [3.8, 4) is 5.75 Å². The molecule has 0 bridgehead atoms. The van der Waals surface area contributed by atoms with Gasteiger partial charge in [0.15, 0.2) is 11.6 Å². The van der Waals surface area contributed by atoms with Crippen LogP contribution < -0.4 is 5.32 Å². The first-order valence-electron chi connectivity index (χ1n) is 8.97. The third kappa shape index (κ3) is 2.95. The molecule has 0 aliphatic carbocycles. The highest BCUT2D eigenvalue weighted by atomic mass is 19.1. The van der Waals surface area contributed by atoms with E-state index in [-0.39, 0.29) is 29.4 Å². The van der Waals surface area contributed by atoms with Gasteiger partial charge in [-0.15, -0.1) is 0 Å². The molecule has 4 nitrogen and oxygen atoms in total. The summed E-state index contributed by atoms with van der Waals surface area (Å²) < 4.78 is 26.0. The largest absolute Gasteiger partial charge is 0.505 e. The Bertz CT molecular complexity index is 830. The first-order chi connectivity index (χ1) is 12.3. The summed E-state index contributed by atoms with van der Waals surface area (Å²) in [5.74, 6) is -0.983. The first kappa shape index (κ1) is 17.3. The van der Waals surface area contributed by atoms with E-state index in [1.165, 1.54) is 17.7 Å². The number of phenolic OH excluding ortho intramolecular Hbond substituents is 1. The molecule has 2 aliphatic rings. The Morgan fingerprint density at radius 3 is 2.58 bits per heavy atom. The van der Waals surface area contributed by atoms with Crippen molar-refractivity contribution in [1.82, 2.24) is 0 Å². The molecule has 0 amide bonds. The molecular formula is C21H24FNO3. The molecule has 2 aromatic carbocycles. The van der Waals surface area contributed by atoms with Gasteiger partial charge in [0.1, 0.15) is 12.2 Å². The zero-order chi connectivity index (χ0) is 18.5. The lowest BCUT2D eigenvalue weighted by atomic mass is 9.82. The van der Waals surface area contributed by atoms with E-state index in [9.17, 15) is 9.50 Å². The predicted octanol–water partition coefficient (Wildman–Crippen LogP) is 4.45. The highest BCUT2D eigenvalue weighted by Crippen LogP contribution is 2.45. The molecule has 1 saturated heterocycles. The van der Waals surface area contributed by atoms with Crippen LogP contribution in [0.3, 0.4) is 0 Å². The second-order valence-corrected chi connectivity index (χ2v) is 8.01. The number of nitrogens with one attached hydrogen (secondary N) is 1. The number of benzene rings is 2. The monoisotopic (exact) mass is 357 g/mol. The van der Waals surface area contributed by atoms with Crippen molar-refractivity contribution in [3.63, 3.8) is 0 Å². The van der Waals surface area contributed by atoms with Crippen molar-refractivity contribution in [2.75, 3.05) is 18.5 Å². The average Bonchev–Trinajstić information content (AvgIpc) is 2.62. The number of ether oxygens (including phenoxy) is 2. The van der Waals surface area contributed by atoms with Gasteiger partial charge in [-0.1, -0.05) is 39.0 Å². The minimum atomic E-state index is -0.633. The van der Waals surface area contributed by atoms with Crippen LogP contribution in [-0.2, 0) is 14.9 Å². The van der Waals surface area contributed by atoms with Crippen LogP contribution in [0.25, 0.3) is 0 Å². The number of phenols is 1. The van der Waals surface area contributed by atoms with Gasteiger partial charge in [-0.25, -0.2) is 4.39 Å². The summed E-state index contributed by atoms with van der Waals surface area (Å²) in [4.78, 5) is 0. The summed E-state index contributed by atoms with van der Waals surface area (Å²) >= 11 is 0. The highest BCUT2D eigenvalue weighted by Gasteiger charge is 2.41. The van der Waals surface area contributed by atoms with Gasteiger partial charge in [0.2, 0.25) is 0 Å². The summed E-state index contributed by atoms with van der Waals surface area (Å²) in [6.45, 7) is 7.60. The molecule has 0 aromatic heterocycles. The van der Waals surface area contributed by atoms with Crippen LogP contribution in [0.1, 0.15) is 49.6 Å². The summed E-state index contributed by atoms with van der Waals surface area (Å²) in [7, 11) is 0. The molecule has 2 N–H and O–H groups in total. The van der Waals surface area contributed by atoms with Crippen LogP contribution in [0.15, 0.2) is 36.4 Å². The zero-order valence-corrected chi connectivity index (χ0v) is 15.3. The van der Waals surface area contributed by atoms with Crippen LogP contribution in [0.4, 0.5) is 10.1 Å². The maximum atomic E-state index is 13.9. The molecule has 2 heterocycles. The van der Waals surface area contributed by atoms with Crippen LogP contribution in [0.2, 0.25) is 0 Å². The summed E-state index contributed by atoms with van der Waals surface area (Å²) in [5, 5.41) is 13.0. The fraction of sp³-hybridized carbons (Fsp3) is 0.429. The SMILES string of the molecule is CC(C)(C)c1ccc2c(c1)[C@@H]1OCCO[C@@H]1[C@@H](c1ccc(O)c(F)c1)N2. The van der Waals surface area contributed by atoms with Crippen LogP contribution in [0, 0.1) is 5.82 Å². The van der Waals surface area contributed by atoms with E-state index >= 15 is 0 Å². The third-order valence-corrected chi connectivity index (χ3v) is 5.18. The number of aromatic hydroxyl groups is 1. The van der Waals surface area contributed by atoms with Gasteiger partial charge in [0.25, 0.3) is 0 Å². The Hall–Kier alpha value is -2.11. The van der Waals surface area contributed by atoms with Crippen molar-refractivity contribution >= 4 is 5.69 Å². The first-order valence-corrected chi connectivity index (χ1v) is 8.97. The molecule has 1 fully saturated rings. The normalized spacial score (nSPS) is 25.2. The maximum Gasteiger partial charge on any atom is 0.165 e. The second kappa shape index (κ2) is 6.25. The Morgan fingerprint density at radius 1 is 1.08 bits per heavy atom. The lowest BCUT2D eigenvalue weighted by Gasteiger charge is -2.43. The molecule has 138 valence electrons. The standard InChI is InChI=1S/C21H24FNO3/c1-21(2,3)13-5-6-16-14(11-13)19-20(26-9-8-25-19)18(23-16)12-4-7-17(24)15(22)10-12/h4-7,10-11,18-20,23-24H,8-9H2,1-3H3/t18-,19+,20-/m1/s1. The third-order valence-electron chi connectivity index (χ3n) is 5.18. The summed E-state index contributed by atoms with van der Waals surface area (Å²) in [6, 6.07) is 10.6. The topological polar surface area (TPSA) is 50.7 Å². The molecular weight excluding hydrogens is 333 g/mol. The maximum absolute atomic E-state index is 13.9. The molecule has 26 heavy (non-hydrogen) atoms. The molecule has 3 atom stereocenters. The molecule has 0 spiro atoms. The Kier molecular flexibility index (Phi) is 4.16. The molecule has 0 unspecified atom stereocenters. The van der Waals surface area contributed by atoms with Crippen molar-refractivity contribution in [2.45, 2.75) is 44.4 Å². The fourth-order valence-electron chi connectivity index (χ4n) is 3.71. The smallest absolute Gasteiger partial charge is 0.165 e. The number of anilines is 1. The van der Waals surface area contributed by atoms with Gasteiger partial charge in [0, 0.05) is 11.3 Å². The number of fused-ring (bicyclic) bond motifs is 3. The van der Waals surface area contributed by atoms with E-state index in [1.54, 1.807) is 6.07 Å². The minimum absolute atomic E-state index is 0.0387. The van der Waals surface area contributed by atoms with Gasteiger partial charge < -0.3 is 19.9 Å². The molecule has 4 rings (SSSR count). The van der Waals surface area contributed by atoms with Crippen molar-refractivity contribution in [1.29, 1.82) is 0 Å². The number of halogens is 1. The van der Waals surface area contributed by atoms with E-state index in [4.69, 9.17) is 9.47 Å². The summed E-state index contributed by atoms with van der Waals surface area (Å²) in [5.41, 5.74) is 4.06. The molecule has 5 heteroatoms. The number of rotatable bonds is 1. The minimum Gasteiger partial charge on any atom is -0.505 e. The van der Waals surface area contributed by atoms with E-state index in [1.807, 2.05) is 0 Å². The van der Waals surface area contributed by atoms with Gasteiger partial charge in [-0.05, 0) is 34.7 Å². The highest BCUT2D eigenvalue weighted by molar-refractivity contribution is 5.59. The number of hydrogen-bond donors (Lipinski definition) is 2. The Balaban J connectivity index is 1.77. The average molecular weight is 357 g/mol. The number of hydrogen-bond acceptors (Lipinski definition) is 4. The van der Waals surface area contributed by atoms with Gasteiger partial charge in [0.05, 0.1) is 19.3 Å². The molecule has 2 aromatic rings. The van der Waals surface area contributed by atoms with E-state index < -0.39 is 5.82 Å². The Morgan fingerprint density at radius 2 is 1.85 bits per heavy atom. The Labute approximate surface area is 152 Å². The van der Waals surface area contributed by atoms with Gasteiger partial charge in [-0.3, -0.25) is 0 Å². The van der Waals surface area contributed by atoms with Crippen LogP contribution in [0.5, 0.6) is 5.75 Å². The quantitative estimate of drug-likeness (QED) is 0.792. The van der Waals surface area contributed by atoms with Crippen molar-refractivity contribution in [3.05, 3.63) is 58.9 Å². The van der Waals surface area contributed by atoms with Crippen LogP contribution >= 0.6 is 0 Å². The molecule has 0 saturated carbocycles. The van der Waals surface area contributed by atoms with Crippen molar-refractivity contribution < 1.29 is 19.0 Å². The lowest BCUT2D eigenvalue weighted by molar-refractivity contribution is -0.151. The van der Waals surface area contributed by atoms with Crippen LogP contribution in [-0.4, -0.2) is 24.4 Å². The van der Waals surface area contributed by atoms with Crippen molar-refractivity contribution in [2.24, 2.45) is 0 Å². The van der Waals surface area contributed by atoms with E-state index in [2.05, 4.69) is 44.3 Å². The summed E-state index contributed by atoms with van der Waals surface area (Å²) in [6.07, 6.45) is -0.459. The lowest BCUT2D eigenvalue weighted by Crippen LogP contribution is -2.43. The van der Waals surface area contributed by atoms with Gasteiger partial charge >= 0.3 is 0 Å². The van der Waals surface area contributed by atoms with Gasteiger partial charge in [-0.2, -0.15) is 0 Å². The van der Waals surface area contributed by atoms with E-state index in [0.29, 0.717) is 13.2 Å². The zero-order valence-electron chi connectivity index (χ0n) is 15.3. The second-order valence-electron chi connectivity index (χ2n) is 8.01. The predicted molar refractivity (Wildman–Crippen MR) is 98.0 cm³/mol. The molecule has 0 radical (unpaired) electrons. The fourth-order valence-corrected chi connectivity index (χ4v) is 3.71. The van der Waals surface area contributed by atoms with E-state index in [0.717, 1.165) is 16.8 Å². The molecule has 2 aliphatic heterocycles.